The Labute approximate surface area is 69.8 Å². The topological polar surface area (TPSA) is 3.24 Å². The van der Waals surface area contributed by atoms with Crippen LogP contribution in [0.4, 0.5) is 0 Å². The fourth-order valence-corrected chi connectivity index (χ4v) is 2.58. The minimum absolute atomic E-state index is 0.673. The Morgan fingerprint density at radius 2 is 1.82 bits per heavy atom. The van der Waals surface area contributed by atoms with E-state index >= 15 is 0 Å². The summed E-state index contributed by atoms with van der Waals surface area (Å²) in [5.74, 6) is 0.995. The van der Waals surface area contributed by atoms with Crippen LogP contribution >= 0.6 is 0 Å². The van der Waals surface area contributed by atoms with Crippen molar-refractivity contribution in [3.05, 3.63) is 0 Å². The SMILES string of the molecule is CC1CCC2(CC1)CCN2C. The van der Waals surface area contributed by atoms with E-state index in [-0.39, 0.29) is 0 Å². The molecule has 2 rings (SSSR count). The van der Waals surface area contributed by atoms with Crippen molar-refractivity contribution in [3.63, 3.8) is 0 Å². The highest BCUT2D eigenvalue weighted by Gasteiger charge is 2.43. The van der Waals surface area contributed by atoms with Gasteiger partial charge in [-0.3, -0.25) is 0 Å². The summed E-state index contributed by atoms with van der Waals surface area (Å²) in [7, 11) is 2.29. The van der Waals surface area contributed by atoms with E-state index in [1.807, 2.05) is 0 Å². The van der Waals surface area contributed by atoms with Crippen molar-refractivity contribution in [1.29, 1.82) is 0 Å². The molecule has 0 aromatic rings. The van der Waals surface area contributed by atoms with Gasteiger partial charge in [-0.05, 0) is 45.1 Å². The molecule has 0 N–H and O–H groups in total. The second-order valence-electron chi connectivity index (χ2n) is 4.58. The molecule has 0 atom stereocenters. The third-order valence-electron chi connectivity index (χ3n) is 3.93. The highest BCUT2D eigenvalue weighted by molar-refractivity contribution is 5.00. The maximum absolute atomic E-state index is 2.57. The van der Waals surface area contributed by atoms with Crippen LogP contribution < -0.4 is 0 Å². The maximum Gasteiger partial charge on any atom is 0.0218 e. The monoisotopic (exact) mass is 153 g/mol. The molecule has 2 aliphatic rings. The fourth-order valence-electron chi connectivity index (χ4n) is 2.58. The highest BCUT2D eigenvalue weighted by atomic mass is 15.2. The van der Waals surface area contributed by atoms with Crippen LogP contribution in [0, 0.1) is 5.92 Å². The van der Waals surface area contributed by atoms with E-state index in [0.717, 1.165) is 5.92 Å². The number of nitrogens with zero attached hydrogens (tertiary/aromatic N) is 1. The van der Waals surface area contributed by atoms with Gasteiger partial charge in [0, 0.05) is 12.1 Å². The lowest BCUT2D eigenvalue weighted by atomic mass is 9.70. The number of hydrogen-bond acceptors (Lipinski definition) is 1. The molecule has 1 saturated heterocycles. The summed E-state index contributed by atoms with van der Waals surface area (Å²) in [6.07, 6.45) is 7.32. The smallest absolute Gasteiger partial charge is 0.0218 e. The van der Waals surface area contributed by atoms with Gasteiger partial charge in [0.25, 0.3) is 0 Å². The van der Waals surface area contributed by atoms with Crippen molar-refractivity contribution in [2.45, 2.75) is 44.6 Å². The van der Waals surface area contributed by atoms with Gasteiger partial charge in [-0.2, -0.15) is 0 Å². The summed E-state index contributed by atoms with van der Waals surface area (Å²) in [5, 5.41) is 0. The van der Waals surface area contributed by atoms with Crippen molar-refractivity contribution in [3.8, 4) is 0 Å². The second kappa shape index (κ2) is 2.48. The third-order valence-corrected chi connectivity index (χ3v) is 3.93. The average Bonchev–Trinajstić information content (AvgIpc) is 2.03. The Balaban J connectivity index is 1.96. The van der Waals surface area contributed by atoms with Crippen LogP contribution in [0.2, 0.25) is 0 Å². The molecule has 1 saturated carbocycles. The summed E-state index contributed by atoms with van der Waals surface area (Å²) in [4.78, 5) is 2.57. The number of rotatable bonds is 0. The van der Waals surface area contributed by atoms with Crippen LogP contribution in [-0.4, -0.2) is 24.0 Å². The molecule has 0 aromatic carbocycles. The van der Waals surface area contributed by atoms with Crippen molar-refractivity contribution in [1.82, 2.24) is 4.90 Å². The van der Waals surface area contributed by atoms with E-state index in [1.165, 1.54) is 38.6 Å². The fraction of sp³-hybridized carbons (Fsp3) is 1.00. The quantitative estimate of drug-likeness (QED) is 0.516. The van der Waals surface area contributed by atoms with Crippen LogP contribution in [0.3, 0.4) is 0 Å². The van der Waals surface area contributed by atoms with Crippen molar-refractivity contribution < 1.29 is 0 Å². The summed E-state index contributed by atoms with van der Waals surface area (Å²) >= 11 is 0. The van der Waals surface area contributed by atoms with Crippen LogP contribution in [0.15, 0.2) is 0 Å². The Kier molecular flexibility index (Phi) is 1.71. The summed E-state index contributed by atoms with van der Waals surface area (Å²) in [5.41, 5.74) is 0.673. The zero-order valence-electron chi connectivity index (χ0n) is 7.77. The zero-order chi connectivity index (χ0) is 7.90. The average molecular weight is 153 g/mol. The second-order valence-corrected chi connectivity index (χ2v) is 4.58. The van der Waals surface area contributed by atoms with Gasteiger partial charge in [-0.1, -0.05) is 6.92 Å². The molecule has 0 aromatic heterocycles. The Bertz CT molecular complexity index is 145. The van der Waals surface area contributed by atoms with Gasteiger partial charge >= 0.3 is 0 Å². The molecule has 1 heterocycles. The largest absolute Gasteiger partial charge is 0.301 e. The Morgan fingerprint density at radius 1 is 1.18 bits per heavy atom. The van der Waals surface area contributed by atoms with E-state index in [1.54, 1.807) is 0 Å². The van der Waals surface area contributed by atoms with Crippen LogP contribution in [0.5, 0.6) is 0 Å². The van der Waals surface area contributed by atoms with Gasteiger partial charge in [0.1, 0.15) is 0 Å². The molecule has 0 radical (unpaired) electrons. The lowest BCUT2D eigenvalue weighted by Crippen LogP contribution is -2.58. The number of hydrogen-bond donors (Lipinski definition) is 0. The molecule has 1 nitrogen and oxygen atoms in total. The van der Waals surface area contributed by atoms with Gasteiger partial charge in [-0.15, -0.1) is 0 Å². The summed E-state index contributed by atoms with van der Waals surface area (Å²) in [6, 6.07) is 0. The van der Waals surface area contributed by atoms with E-state index in [4.69, 9.17) is 0 Å². The zero-order valence-corrected chi connectivity index (χ0v) is 7.77. The predicted octanol–water partition coefficient (Wildman–Crippen LogP) is 2.27. The van der Waals surface area contributed by atoms with Crippen molar-refractivity contribution in [2.75, 3.05) is 13.6 Å². The first-order valence-corrected chi connectivity index (χ1v) is 4.94. The van der Waals surface area contributed by atoms with Crippen LogP contribution in [-0.2, 0) is 0 Å². The Morgan fingerprint density at radius 3 is 2.18 bits per heavy atom. The van der Waals surface area contributed by atoms with E-state index in [2.05, 4.69) is 18.9 Å². The minimum Gasteiger partial charge on any atom is -0.301 e. The Hall–Kier alpha value is -0.0400. The lowest BCUT2D eigenvalue weighted by molar-refractivity contribution is -0.0284. The third kappa shape index (κ3) is 1.10. The molecule has 1 aliphatic carbocycles. The molecule has 0 amide bonds. The summed E-state index contributed by atoms with van der Waals surface area (Å²) < 4.78 is 0. The predicted molar refractivity (Wildman–Crippen MR) is 47.6 cm³/mol. The van der Waals surface area contributed by atoms with Crippen molar-refractivity contribution in [2.24, 2.45) is 5.92 Å². The first-order chi connectivity index (χ1) is 5.23. The molecule has 64 valence electrons. The standard InChI is InChI=1S/C10H19N/c1-9-3-5-10(6-4-9)7-8-11(10)2/h9H,3-8H2,1-2H3. The van der Waals surface area contributed by atoms with E-state index in [9.17, 15) is 0 Å². The molecule has 1 spiro atoms. The van der Waals surface area contributed by atoms with Gasteiger partial charge in [0.05, 0.1) is 0 Å². The van der Waals surface area contributed by atoms with E-state index in [0.29, 0.717) is 5.54 Å². The minimum atomic E-state index is 0.673. The van der Waals surface area contributed by atoms with Gasteiger partial charge < -0.3 is 4.90 Å². The molecule has 0 unspecified atom stereocenters. The molecule has 0 bridgehead atoms. The summed E-state index contributed by atoms with van der Waals surface area (Å²) in [6.45, 7) is 3.74. The van der Waals surface area contributed by atoms with E-state index < -0.39 is 0 Å². The lowest BCUT2D eigenvalue weighted by Gasteiger charge is -2.54. The molecule has 11 heavy (non-hydrogen) atoms. The van der Waals surface area contributed by atoms with Gasteiger partial charge in [0.2, 0.25) is 0 Å². The molecular weight excluding hydrogens is 134 g/mol. The highest BCUT2D eigenvalue weighted by Crippen LogP contribution is 2.43. The normalized spacial score (nSPS) is 45.8. The molecule has 2 fully saturated rings. The molecule has 1 heteroatoms. The van der Waals surface area contributed by atoms with Gasteiger partial charge in [-0.25, -0.2) is 0 Å². The molecule has 1 aliphatic heterocycles. The maximum atomic E-state index is 2.57. The van der Waals surface area contributed by atoms with Crippen LogP contribution in [0.1, 0.15) is 39.0 Å². The number of likely N-dealkylation sites (tertiary alicyclic amines) is 1. The molecular formula is C10H19N. The van der Waals surface area contributed by atoms with Crippen molar-refractivity contribution >= 4 is 0 Å². The first kappa shape index (κ1) is 7.60. The first-order valence-electron chi connectivity index (χ1n) is 4.94. The van der Waals surface area contributed by atoms with Crippen LogP contribution in [0.25, 0.3) is 0 Å². The van der Waals surface area contributed by atoms with Gasteiger partial charge in [0.15, 0.2) is 0 Å².